The number of thiazole rings is 1. The molecule has 0 aromatic carbocycles. The Morgan fingerprint density at radius 3 is 2.14 bits per heavy atom. The van der Waals surface area contributed by atoms with Crippen LogP contribution in [0.3, 0.4) is 0 Å². The second-order valence-electron chi connectivity index (χ2n) is 14.5. The van der Waals surface area contributed by atoms with E-state index in [1.54, 1.807) is 62.3 Å². The smallest absolute Gasteiger partial charge is 0.413 e. The number of esters is 1. The number of hydrogen-bond donors (Lipinski definition) is 4. The summed E-state index contributed by atoms with van der Waals surface area (Å²) in [6, 6.07) is -1.66. The van der Waals surface area contributed by atoms with E-state index in [1.165, 1.54) is 30.2 Å². The van der Waals surface area contributed by atoms with E-state index >= 15 is 0 Å². The number of carbonyl (C=O) groups is 5. The van der Waals surface area contributed by atoms with Gasteiger partial charge in [-0.3, -0.25) is 14.9 Å². The number of rotatable bonds is 11. The number of ether oxygens (including phenoxy) is 3. The molecule has 18 nitrogen and oxygen atoms in total. The zero-order chi connectivity index (χ0) is 36.9. The Morgan fingerprint density at radius 1 is 0.939 bits per heavy atom. The number of β-lactam (4-membered cyclic amide) rings is 1. The van der Waals surface area contributed by atoms with Crippen LogP contribution in [-0.4, -0.2) is 89.9 Å². The van der Waals surface area contributed by atoms with Crippen molar-refractivity contribution in [1.82, 2.24) is 35.7 Å². The average molecular weight is 708 g/mol. The first-order valence-electron chi connectivity index (χ1n) is 15.3. The zero-order valence-electron chi connectivity index (χ0n) is 29.5. The molecule has 49 heavy (non-hydrogen) atoms. The molecule has 3 heterocycles. The number of aromatic nitrogens is 4. The van der Waals surface area contributed by atoms with Crippen molar-refractivity contribution in [3.05, 3.63) is 23.2 Å². The average Bonchev–Trinajstić information content (AvgIpc) is 3.56. The van der Waals surface area contributed by atoms with Crippen LogP contribution in [0.25, 0.3) is 0 Å². The van der Waals surface area contributed by atoms with Crippen molar-refractivity contribution >= 4 is 52.2 Å². The van der Waals surface area contributed by atoms with Gasteiger partial charge in [0.1, 0.15) is 40.7 Å². The maximum Gasteiger partial charge on any atom is 0.413 e. The molecule has 0 aliphatic carbocycles. The van der Waals surface area contributed by atoms with Crippen LogP contribution in [0.15, 0.2) is 16.9 Å². The minimum atomic E-state index is -1.63. The van der Waals surface area contributed by atoms with Gasteiger partial charge in [-0.15, -0.1) is 11.3 Å². The van der Waals surface area contributed by atoms with Crippen LogP contribution in [0, 0.1) is 0 Å². The maximum absolute atomic E-state index is 13.7. The van der Waals surface area contributed by atoms with Gasteiger partial charge in [0.25, 0.3) is 5.91 Å². The Balaban J connectivity index is 1.79. The van der Waals surface area contributed by atoms with Gasteiger partial charge >= 0.3 is 18.2 Å². The Bertz CT molecular complexity index is 1580. The van der Waals surface area contributed by atoms with Gasteiger partial charge in [-0.1, -0.05) is 5.16 Å². The summed E-state index contributed by atoms with van der Waals surface area (Å²) in [7, 11) is 0. The van der Waals surface area contributed by atoms with Crippen LogP contribution >= 0.6 is 11.3 Å². The number of nitrogens with one attached hydrogen (secondary N) is 4. The topological polar surface area (TPSA) is 226 Å². The second kappa shape index (κ2) is 14.8. The number of hydrogen-bond acceptors (Lipinski definition) is 14. The molecule has 0 bridgehead atoms. The molecule has 4 N–H and O–H groups in total. The van der Waals surface area contributed by atoms with Crippen LogP contribution in [0.5, 0.6) is 0 Å². The highest BCUT2D eigenvalue weighted by atomic mass is 32.1. The molecule has 1 aliphatic rings. The maximum atomic E-state index is 13.7. The summed E-state index contributed by atoms with van der Waals surface area (Å²) >= 11 is 0.983. The van der Waals surface area contributed by atoms with Crippen LogP contribution < -0.4 is 21.3 Å². The van der Waals surface area contributed by atoms with Gasteiger partial charge in [0.15, 0.2) is 10.8 Å². The third-order valence-corrected chi connectivity index (χ3v) is 6.74. The third-order valence-electron chi connectivity index (χ3n) is 5.98. The van der Waals surface area contributed by atoms with E-state index in [1.807, 2.05) is 0 Å². The third kappa shape index (κ3) is 12.0. The highest BCUT2D eigenvalue weighted by molar-refractivity contribution is 7.14. The van der Waals surface area contributed by atoms with E-state index in [9.17, 15) is 24.0 Å². The minimum Gasteiger partial charge on any atom is -0.457 e. The van der Waals surface area contributed by atoms with Crippen molar-refractivity contribution in [3.63, 3.8) is 0 Å². The van der Waals surface area contributed by atoms with Gasteiger partial charge in [0.05, 0.1) is 19.1 Å². The first-order chi connectivity index (χ1) is 22.4. The van der Waals surface area contributed by atoms with Crippen LogP contribution in [0.1, 0.15) is 87.7 Å². The Kier molecular flexibility index (Phi) is 11.6. The molecule has 3 rings (SSSR count). The van der Waals surface area contributed by atoms with Crippen LogP contribution in [0.2, 0.25) is 0 Å². The fourth-order valence-corrected chi connectivity index (χ4v) is 4.51. The molecule has 0 spiro atoms. The molecule has 1 aliphatic heterocycles. The molecule has 2 aromatic rings. The number of anilines is 1. The van der Waals surface area contributed by atoms with Crippen molar-refractivity contribution < 1.29 is 43.0 Å². The number of nitrogens with zero attached hydrogens (tertiary/aromatic N) is 5. The summed E-state index contributed by atoms with van der Waals surface area (Å²) in [5, 5.41) is 20.1. The first-order valence-corrected chi connectivity index (χ1v) is 16.2. The van der Waals surface area contributed by atoms with E-state index in [0.29, 0.717) is 5.82 Å². The van der Waals surface area contributed by atoms with E-state index in [4.69, 9.17) is 19.0 Å². The lowest BCUT2D eigenvalue weighted by molar-refractivity contribution is -0.179. The summed E-state index contributed by atoms with van der Waals surface area (Å²) in [5.74, 6) is -1.70. The molecule has 0 radical (unpaired) electrons. The van der Waals surface area contributed by atoms with Crippen LogP contribution in [-0.2, 0) is 46.5 Å². The summed E-state index contributed by atoms with van der Waals surface area (Å²) in [5.41, 5.74) is -4.30. The van der Waals surface area contributed by atoms with Crippen LogP contribution in [0.4, 0.5) is 14.7 Å². The Hall–Kier alpha value is -4.81. The number of alkyl carbamates (subject to hydrolysis) is 1. The van der Waals surface area contributed by atoms with Gasteiger partial charge in [-0.05, 0) is 76.2 Å². The van der Waals surface area contributed by atoms with Gasteiger partial charge in [0, 0.05) is 5.38 Å². The SMILES string of the molecule is CC(C)(C)OC(=O)NCc1ncnn1C[C@H]1NC(=O)[C@H]1NC(=O)/C(=N\OC(C)(C)C(=O)OC(C)(C)C)c1csc(NC(=O)OC(C)(C)C)n1. The van der Waals surface area contributed by atoms with Gasteiger partial charge < -0.3 is 35.0 Å². The second-order valence-corrected chi connectivity index (χ2v) is 15.3. The summed E-state index contributed by atoms with van der Waals surface area (Å²) in [6.45, 7) is 18.3. The summed E-state index contributed by atoms with van der Waals surface area (Å²) in [6.07, 6.45) is -0.110. The molecule has 270 valence electrons. The highest BCUT2D eigenvalue weighted by Crippen LogP contribution is 2.22. The molecule has 1 fully saturated rings. The van der Waals surface area contributed by atoms with Gasteiger partial charge in [-0.25, -0.2) is 29.0 Å². The molecular formula is C30H45N9O9S. The molecule has 0 unspecified atom stereocenters. The first kappa shape index (κ1) is 38.6. The van der Waals surface area contributed by atoms with E-state index < -0.39 is 64.5 Å². The lowest BCUT2D eigenvalue weighted by Gasteiger charge is -2.37. The van der Waals surface area contributed by atoms with E-state index in [0.717, 1.165) is 11.3 Å². The van der Waals surface area contributed by atoms with Crippen molar-refractivity contribution in [2.75, 3.05) is 5.32 Å². The number of amides is 4. The quantitative estimate of drug-likeness (QED) is 0.0869. The normalized spacial score (nSPS) is 16.9. The lowest BCUT2D eigenvalue weighted by Crippen LogP contribution is -2.70. The van der Waals surface area contributed by atoms with Gasteiger partial charge in [0.2, 0.25) is 11.5 Å². The molecule has 4 amide bonds. The highest BCUT2D eigenvalue weighted by Gasteiger charge is 2.42. The standard InChI is InChI=1S/C30H45N9O9S/c1-27(2,3)45-23(42)30(10,11)48-38-20(17-14-49-24(35-17)37-26(44)47-29(7,8)9)22(41)36-19-16(34-21(19)40)13-39-18(32-15-33-39)12-31-25(43)46-28(4,5)6/h14-16,19H,12-13H2,1-11H3,(H,31,43)(H,34,40)(H,36,41)(H,35,37,44)/b38-20-/t16-,19+/m1/s1. The van der Waals surface area contributed by atoms with Crippen molar-refractivity contribution in [2.24, 2.45) is 5.16 Å². The fourth-order valence-electron chi connectivity index (χ4n) is 3.83. The van der Waals surface area contributed by atoms with Crippen molar-refractivity contribution in [1.29, 1.82) is 0 Å². The molecule has 1 saturated heterocycles. The monoisotopic (exact) mass is 707 g/mol. The molecular weight excluding hydrogens is 662 g/mol. The predicted molar refractivity (Wildman–Crippen MR) is 176 cm³/mol. The fraction of sp³-hybridized carbons (Fsp3) is 0.633. The molecule has 2 aromatic heterocycles. The summed E-state index contributed by atoms with van der Waals surface area (Å²) in [4.78, 5) is 77.5. The van der Waals surface area contributed by atoms with E-state index in [-0.39, 0.29) is 29.6 Å². The Morgan fingerprint density at radius 2 is 1.55 bits per heavy atom. The zero-order valence-corrected chi connectivity index (χ0v) is 30.4. The number of carbonyl (C=O) groups excluding carboxylic acids is 5. The van der Waals surface area contributed by atoms with Crippen molar-refractivity contribution in [2.45, 2.75) is 124 Å². The van der Waals surface area contributed by atoms with E-state index in [2.05, 4.69) is 41.5 Å². The molecule has 2 atom stereocenters. The Labute approximate surface area is 288 Å². The number of oxime groups is 1. The molecule has 19 heteroatoms. The minimum absolute atomic E-state index is 0.00231. The lowest BCUT2D eigenvalue weighted by atomic mass is 9.98. The predicted octanol–water partition coefficient (Wildman–Crippen LogP) is 2.63. The molecule has 0 saturated carbocycles. The largest absolute Gasteiger partial charge is 0.457 e. The van der Waals surface area contributed by atoms with Crippen molar-refractivity contribution in [3.8, 4) is 0 Å². The summed E-state index contributed by atoms with van der Waals surface area (Å²) < 4.78 is 17.4. The van der Waals surface area contributed by atoms with Gasteiger partial charge in [-0.2, -0.15) is 5.10 Å².